The maximum Gasteiger partial charge on any atom is 0.0595 e. The van der Waals surface area contributed by atoms with E-state index < -0.39 is 5.60 Å². The first kappa shape index (κ1) is 10.0. The van der Waals surface area contributed by atoms with Gasteiger partial charge in [0, 0.05) is 0 Å². The molecule has 0 amide bonds. The summed E-state index contributed by atoms with van der Waals surface area (Å²) in [5, 5.41) is 19.2. The Bertz CT molecular complexity index is 137. The third-order valence-corrected chi connectivity index (χ3v) is 2.63. The fraction of sp³-hybridized carbons (Fsp3) is 1.00. The van der Waals surface area contributed by atoms with Gasteiger partial charge in [0.15, 0.2) is 0 Å². The second kappa shape index (κ2) is 3.75. The average Bonchev–Trinajstić information content (AvgIpc) is 1.91. The van der Waals surface area contributed by atoms with E-state index in [1.165, 1.54) is 6.42 Å². The van der Waals surface area contributed by atoms with Crippen molar-refractivity contribution >= 4 is 0 Å². The van der Waals surface area contributed by atoms with Gasteiger partial charge < -0.3 is 10.2 Å². The lowest BCUT2D eigenvalue weighted by atomic mass is 9.80. The van der Waals surface area contributed by atoms with Crippen LogP contribution in [-0.2, 0) is 0 Å². The van der Waals surface area contributed by atoms with Crippen LogP contribution in [0.15, 0.2) is 0 Å². The fourth-order valence-electron chi connectivity index (χ4n) is 2.07. The summed E-state index contributed by atoms with van der Waals surface area (Å²) in [6.45, 7) is 3.63. The van der Waals surface area contributed by atoms with Crippen LogP contribution in [0.2, 0.25) is 0 Å². The molecule has 0 heterocycles. The van der Waals surface area contributed by atoms with E-state index in [1.807, 2.05) is 13.8 Å². The lowest BCUT2D eigenvalue weighted by Gasteiger charge is -2.31. The molecule has 0 aromatic rings. The first-order valence-corrected chi connectivity index (χ1v) is 4.89. The quantitative estimate of drug-likeness (QED) is 0.665. The molecular weight excluding hydrogens is 152 g/mol. The normalized spacial score (nSPS) is 32.0. The number of aliphatic hydroxyl groups is 2. The highest BCUT2D eigenvalue weighted by molar-refractivity contribution is 4.80. The van der Waals surface area contributed by atoms with Crippen molar-refractivity contribution in [3.63, 3.8) is 0 Å². The summed E-state index contributed by atoms with van der Waals surface area (Å²) in [5.74, 6) is 0.318. The highest BCUT2D eigenvalue weighted by atomic mass is 16.3. The van der Waals surface area contributed by atoms with Crippen LogP contribution in [0.1, 0.15) is 46.0 Å². The van der Waals surface area contributed by atoms with E-state index in [2.05, 4.69) is 0 Å². The Labute approximate surface area is 74.6 Å². The van der Waals surface area contributed by atoms with Crippen molar-refractivity contribution in [1.29, 1.82) is 0 Å². The summed E-state index contributed by atoms with van der Waals surface area (Å²) in [6.07, 6.45) is 4.90. The highest BCUT2D eigenvalue weighted by Crippen LogP contribution is 2.30. The number of rotatable bonds is 2. The number of hydrogen-bond donors (Lipinski definition) is 2. The molecule has 0 bridgehead atoms. The van der Waals surface area contributed by atoms with Crippen molar-refractivity contribution in [3.05, 3.63) is 0 Å². The van der Waals surface area contributed by atoms with Crippen LogP contribution in [0.3, 0.4) is 0 Å². The number of aliphatic hydroxyl groups excluding tert-OH is 1. The van der Waals surface area contributed by atoms with Crippen LogP contribution in [0, 0.1) is 5.92 Å². The molecule has 0 aromatic carbocycles. The lowest BCUT2D eigenvalue weighted by molar-refractivity contribution is -0.00321. The average molecular weight is 172 g/mol. The summed E-state index contributed by atoms with van der Waals surface area (Å²) in [6, 6.07) is 0. The van der Waals surface area contributed by atoms with E-state index in [4.69, 9.17) is 0 Å². The van der Waals surface area contributed by atoms with Gasteiger partial charge in [0.1, 0.15) is 0 Å². The van der Waals surface area contributed by atoms with Crippen LogP contribution >= 0.6 is 0 Å². The van der Waals surface area contributed by atoms with Crippen molar-refractivity contribution in [3.8, 4) is 0 Å². The Morgan fingerprint density at radius 3 is 2.33 bits per heavy atom. The summed E-state index contributed by atoms with van der Waals surface area (Å²) < 4.78 is 0. The Morgan fingerprint density at radius 1 is 1.25 bits per heavy atom. The van der Waals surface area contributed by atoms with Gasteiger partial charge in [-0.2, -0.15) is 0 Å². The monoisotopic (exact) mass is 172 g/mol. The van der Waals surface area contributed by atoms with Gasteiger partial charge in [-0.15, -0.1) is 0 Å². The predicted octanol–water partition coefficient (Wildman–Crippen LogP) is 1.70. The van der Waals surface area contributed by atoms with Crippen LogP contribution < -0.4 is 0 Å². The largest absolute Gasteiger partial charge is 0.393 e. The molecular formula is C10H20O2. The molecule has 2 nitrogen and oxygen atoms in total. The van der Waals surface area contributed by atoms with Gasteiger partial charge in [-0.05, 0) is 39.0 Å². The Balaban J connectivity index is 2.39. The fourth-order valence-corrected chi connectivity index (χ4v) is 2.07. The highest BCUT2D eigenvalue weighted by Gasteiger charge is 2.28. The molecule has 12 heavy (non-hydrogen) atoms. The van der Waals surface area contributed by atoms with Gasteiger partial charge in [-0.3, -0.25) is 0 Å². The van der Waals surface area contributed by atoms with Crippen LogP contribution in [-0.4, -0.2) is 21.9 Å². The molecule has 2 atom stereocenters. The molecule has 0 aliphatic heterocycles. The zero-order chi connectivity index (χ0) is 9.19. The van der Waals surface area contributed by atoms with Crippen molar-refractivity contribution < 1.29 is 10.2 Å². The minimum atomic E-state index is -0.622. The van der Waals surface area contributed by atoms with E-state index in [0.29, 0.717) is 5.92 Å². The van der Waals surface area contributed by atoms with Crippen molar-refractivity contribution in [2.75, 3.05) is 0 Å². The minimum absolute atomic E-state index is 0.176. The minimum Gasteiger partial charge on any atom is -0.393 e. The van der Waals surface area contributed by atoms with Crippen LogP contribution in [0.4, 0.5) is 0 Å². The summed E-state index contributed by atoms with van der Waals surface area (Å²) >= 11 is 0. The maximum absolute atomic E-state index is 9.62. The zero-order valence-corrected chi connectivity index (χ0v) is 8.08. The van der Waals surface area contributed by atoms with Crippen molar-refractivity contribution in [2.45, 2.75) is 57.7 Å². The van der Waals surface area contributed by atoms with Crippen molar-refractivity contribution in [1.82, 2.24) is 0 Å². The third-order valence-electron chi connectivity index (χ3n) is 2.63. The van der Waals surface area contributed by atoms with Gasteiger partial charge in [-0.25, -0.2) is 0 Å². The standard InChI is InChI=1S/C10H20O2/c1-10(2,12)7-8-5-3-4-6-9(8)11/h8-9,11-12H,3-7H2,1-2H3. The van der Waals surface area contributed by atoms with Gasteiger partial charge in [0.25, 0.3) is 0 Å². The first-order valence-electron chi connectivity index (χ1n) is 4.89. The molecule has 0 radical (unpaired) electrons. The molecule has 2 heteroatoms. The molecule has 1 saturated carbocycles. The summed E-state index contributed by atoms with van der Waals surface area (Å²) in [7, 11) is 0. The molecule has 72 valence electrons. The van der Waals surface area contributed by atoms with E-state index in [-0.39, 0.29) is 6.10 Å². The molecule has 1 aliphatic carbocycles. The lowest BCUT2D eigenvalue weighted by Crippen LogP contribution is -2.32. The van der Waals surface area contributed by atoms with E-state index in [1.54, 1.807) is 0 Å². The molecule has 2 unspecified atom stereocenters. The van der Waals surface area contributed by atoms with Gasteiger partial charge >= 0.3 is 0 Å². The molecule has 0 saturated heterocycles. The van der Waals surface area contributed by atoms with Gasteiger partial charge in [-0.1, -0.05) is 12.8 Å². The first-order chi connectivity index (χ1) is 5.49. The molecule has 2 N–H and O–H groups in total. The van der Waals surface area contributed by atoms with E-state index in [9.17, 15) is 10.2 Å². The van der Waals surface area contributed by atoms with Crippen molar-refractivity contribution in [2.24, 2.45) is 5.92 Å². The summed E-state index contributed by atoms with van der Waals surface area (Å²) in [5.41, 5.74) is -0.622. The third kappa shape index (κ3) is 3.11. The zero-order valence-electron chi connectivity index (χ0n) is 8.08. The molecule has 1 rings (SSSR count). The Kier molecular flexibility index (Phi) is 3.13. The Hall–Kier alpha value is -0.0800. The van der Waals surface area contributed by atoms with E-state index in [0.717, 1.165) is 25.7 Å². The maximum atomic E-state index is 9.62. The smallest absolute Gasteiger partial charge is 0.0595 e. The van der Waals surface area contributed by atoms with E-state index >= 15 is 0 Å². The topological polar surface area (TPSA) is 40.5 Å². The molecule has 1 aliphatic rings. The second-order valence-corrected chi connectivity index (χ2v) is 4.63. The van der Waals surface area contributed by atoms with Gasteiger partial charge in [0.05, 0.1) is 11.7 Å². The number of hydrogen-bond acceptors (Lipinski definition) is 2. The SMILES string of the molecule is CC(C)(O)CC1CCCCC1O. The van der Waals surface area contributed by atoms with Crippen LogP contribution in [0.25, 0.3) is 0 Å². The molecule has 1 fully saturated rings. The summed E-state index contributed by atoms with van der Waals surface area (Å²) in [4.78, 5) is 0. The predicted molar refractivity (Wildman–Crippen MR) is 48.9 cm³/mol. The van der Waals surface area contributed by atoms with Gasteiger partial charge in [0.2, 0.25) is 0 Å². The molecule has 0 spiro atoms. The second-order valence-electron chi connectivity index (χ2n) is 4.63. The Morgan fingerprint density at radius 2 is 1.83 bits per heavy atom. The van der Waals surface area contributed by atoms with Crippen LogP contribution in [0.5, 0.6) is 0 Å². The molecule has 0 aromatic heterocycles.